The van der Waals surface area contributed by atoms with E-state index >= 15 is 0 Å². The molecule has 3 rings (SSSR count). The fraction of sp³-hybridized carbons (Fsp3) is 0.214. The minimum absolute atomic E-state index is 0.0196. The van der Waals surface area contributed by atoms with Gasteiger partial charge in [-0.3, -0.25) is 4.98 Å². The molecule has 0 spiro atoms. The van der Waals surface area contributed by atoms with Gasteiger partial charge in [0.1, 0.15) is 0 Å². The number of rotatable bonds is 1. The third-order valence-corrected chi connectivity index (χ3v) is 3.18. The van der Waals surface area contributed by atoms with Crippen LogP contribution in [-0.2, 0) is 5.41 Å². The summed E-state index contributed by atoms with van der Waals surface area (Å²) < 4.78 is 0. The van der Waals surface area contributed by atoms with Gasteiger partial charge in [0.15, 0.2) is 0 Å². The number of pyridine rings is 1. The van der Waals surface area contributed by atoms with Crippen LogP contribution in [0.2, 0.25) is 0 Å². The lowest BCUT2D eigenvalue weighted by atomic mass is 9.96. The highest BCUT2D eigenvalue weighted by atomic mass is 14.6. The minimum Gasteiger partial charge on any atom is -0.256 e. The molecule has 0 N–H and O–H groups in total. The van der Waals surface area contributed by atoms with Gasteiger partial charge in [-0.05, 0) is 30.5 Å². The number of aromatic nitrogens is 1. The summed E-state index contributed by atoms with van der Waals surface area (Å²) >= 11 is 0. The lowest BCUT2D eigenvalue weighted by molar-refractivity contribution is 0.933. The van der Waals surface area contributed by atoms with Gasteiger partial charge >= 0.3 is 0 Å². The maximum atomic E-state index is 5.57. The third-order valence-electron chi connectivity index (χ3n) is 3.18. The first-order chi connectivity index (χ1) is 7.34. The standard InChI is InChI=1S/C14H11N/c1-2-14(7-8-14)12-6-5-11-4-3-9-15-13(11)10-12/h1,3-6,9-10H,7-8H2. The fourth-order valence-corrected chi connectivity index (χ4v) is 2.01. The molecule has 1 saturated carbocycles. The molecule has 1 aliphatic carbocycles. The molecule has 1 nitrogen and oxygen atoms in total. The molecular formula is C14H11N. The predicted octanol–water partition coefficient (Wildman–Crippen LogP) is 2.90. The van der Waals surface area contributed by atoms with Crippen molar-refractivity contribution in [2.75, 3.05) is 0 Å². The number of benzene rings is 1. The normalized spacial score (nSPS) is 17.3. The SMILES string of the molecule is C#CC1(c2ccc3cccnc3c2)CC1. The Hall–Kier alpha value is -1.81. The molecule has 15 heavy (non-hydrogen) atoms. The van der Waals surface area contributed by atoms with E-state index in [4.69, 9.17) is 6.42 Å². The van der Waals surface area contributed by atoms with E-state index in [0.717, 1.165) is 18.4 Å². The van der Waals surface area contributed by atoms with Crippen molar-refractivity contribution in [1.29, 1.82) is 0 Å². The van der Waals surface area contributed by atoms with Crippen LogP contribution in [0, 0.1) is 12.3 Å². The fourth-order valence-electron chi connectivity index (χ4n) is 2.01. The van der Waals surface area contributed by atoms with Crippen LogP contribution in [0.15, 0.2) is 36.5 Å². The van der Waals surface area contributed by atoms with E-state index in [9.17, 15) is 0 Å². The number of terminal acetylenes is 1. The zero-order valence-corrected chi connectivity index (χ0v) is 8.40. The highest BCUT2D eigenvalue weighted by Gasteiger charge is 2.42. The van der Waals surface area contributed by atoms with E-state index in [-0.39, 0.29) is 5.41 Å². The molecule has 0 saturated heterocycles. The van der Waals surface area contributed by atoms with Crippen LogP contribution < -0.4 is 0 Å². The maximum absolute atomic E-state index is 5.57. The first kappa shape index (κ1) is 8.49. The molecule has 72 valence electrons. The smallest absolute Gasteiger partial charge is 0.0705 e. The molecule has 0 radical (unpaired) electrons. The molecule has 0 aliphatic heterocycles. The Bertz CT molecular complexity index is 559. The molecule has 0 amide bonds. The summed E-state index contributed by atoms with van der Waals surface area (Å²) in [7, 11) is 0. The van der Waals surface area contributed by atoms with Gasteiger partial charge in [0, 0.05) is 11.6 Å². The number of fused-ring (bicyclic) bond motifs is 1. The Balaban J connectivity index is 2.19. The summed E-state index contributed by atoms with van der Waals surface area (Å²) in [6.07, 6.45) is 9.62. The van der Waals surface area contributed by atoms with Crippen LogP contribution >= 0.6 is 0 Å². The number of hydrogen-bond acceptors (Lipinski definition) is 1. The quantitative estimate of drug-likeness (QED) is 0.634. The minimum atomic E-state index is 0.0196. The van der Waals surface area contributed by atoms with Crippen molar-refractivity contribution >= 4 is 10.9 Å². The monoisotopic (exact) mass is 193 g/mol. The Morgan fingerprint density at radius 2 is 2.13 bits per heavy atom. The van der Waals surface area contributed by atoms with Gasteiger partial charge in [-0.25, -0.2) is 0 Å². The van der Waals surface area contributed by atoms with Crippen molar-refractivity contribution < 1.29 is 0 Å². The molecule has 0 unspecified atom stereocenters. The zero-order chi connectivity index (χ0) is 10.3. The van der Waals surface area contributed by atoms with Crippen molar-refractivity contribution in [1.82, 2.24) is 4.98 Å². The van der Waals surface area contributed by atoms with Crippen LogP contribution in [0.3, 0.4) is 0 Å². The van der Waals surface area contributed by atoms with Gasteiger partial charge in [-0.15, -0.1) is 6.42 Å². The molecular weight excluding hydrogens is 182 g/mol. The Morgan fingerprint density at radius 1 is 1.27 bits per heavy atom. The Morgan fingerprint density at radius 3 is 2.87 bits per heavy atom. The molecule has 1 aromatic heterocycles. The van der Waals surface area contributed by atoms with E-state index in [1.54, 1.807) is 0 Å². The molecule has 2 aromatic rings. The van der Waals surface area contributed by atoms with E-state index in [2.05, 4.69) is 35.2 Å². The average molecular weight is 193 g/mol. The number of nitrogens with zero attached hydrogens (tertiary/aromatic N) is 1. The van der Waals surface area contributed by atoms with Gasteiger partial charge in [-0.1, -0.05) is 24.1 Å². The van der Waals surface area contributed by atoms with Gasteiger partial charge in [0.05, 0.1) is 10.9 Å². The second-order valence-electron chi connectivity index (χ2n) is 4.14. The topological polar surface area (TPSA) is 12.9 Å². The van der Waals surface area contributed by atoms with E-state index in [1.165, 1.54) is 10.9 Å². The Kier molecular flexibility index (Phi) is 1.61. The summed E-state index contributed by atoms with van der Waals surface area (Å²) in [5.74, 6) is 2.91. The summed E-state index contributed by atoms with van der Waals surface area (Å²) in [5, 5.41) is 1.18. The molecule has 0 atom stereocenters. The predicted molar refractivity (Wildman–Crippen MR) is 61.5 cm³/mol. The Labute approximate surface area is 89.2 Å². The van der Waals surface area contributed by atoms with Gasteiger partial charge in [0.2, 0.25) is 0 Å². The molecule has 1 aliphatic rings. The van der Waals surface area contributed by atoms with E-state index < -0.39 is 0 Å². The summed E-state index contributed by atoms with van der Waals surface area (Å²) in [5.41, 5.74) is 2.30. The van der Waals surface area contributed by atoms with Crippen molar-refractivity contribution in [3.63, 3.8) is 0 Å². The molecule has 1 fully saturated rings. The highest BCUT2D eigenvalue weighted by Crippen LogP contribution is 2.47. The van der Waals surface area contributed by atoms with E-state index in [1.807, 2.05) is 12.3 Å². The first-order valence-corrected chi connectivity index (χ1v) is 5.17. The van der Waals surface area contributed by atoms with Gasteiger partial charge in [-0.2, -0.15) is 0 Å². The van der Waals surface area contributed by atoms with Crippen LogP contribution in [0.4, 0.5) is 0 Å². The number of hydrogen-bond donors (Lipinski definition) is 0. The first-order valence-electron chi connectivity index (χ1n) is 5.17. The van der Waals surface area contributed by atoms with Crippen molar-refractivity contribution in [2.45, 2.75) is 18.3 Å². The van der Waals surface area contributed by atoms with Crippen molar-refractivity contribution in [3.05, 3.63) is 42.1 Å². The summed E-state index contributed by atoms with van der Waals surface area (Å²) in [6.45, 7) is 0. The second-order valence-corrected chi connectivity index (χ2v) is 4.14. The van der Waals surface area contributed by atoms with Gasteiger partial charge < -0.3 is 0 Å². The van der Waals surface area contributed by atoms with Gasteiger partial charge in [0.25, 0.3) is 0 Å². The maximum Gasteiger partial charge on any atom is 0.0705 e. The second kappa shape index (κ2) is 2.84. The highest BCUT2D eigenvalue weighted by molar-refractivity contribution is 5.79. The van der Waals surface area contributed by atoms with Crippen molar-refractivity contribution in [3.8, 4) is 12.3 Å². The van der Waals surface area contributed by atoms with E-state index in [0.29, 0.717) is 0 Å². The molecule has 0 bridgehead atoms. The summed E-state index contributed by atoms with van der Waals surface area (Å²) in [6, 6.07) is 10.4. The van der Waals surface area contributed by atoms with Crippen LogP contribution in [0.5, 0.6) is 0 Å². The average Bonchev–Trinajstić information content (AvgIpc) is 3.09. The lowest BCUT2D eigenvalue weighted by Gasteiger charge is -2.08. The molecule has 1 heterocycles. The third kappa shape index (κ3) is 1.22. The van der Waals surface area contributed by atoms with Crippen LogP contribution in [0.1, 0.15) is 18.4 Å². The van der Waals surface area contributed by atoms with Crippen LogP contribution in [0.25, 0.3) is 10.9 Å². The zero-order valence-electron chi connectivity index (χ0n) is 8.40. The molecule has 1 heteroatoms. The lowest BCUT2D eigenvalue weighted by Crippen LogP contribution is -2.01. The largest absolute Gasteiger partial charge is 0.256 e. The van der Waals surface area contributed by atoms with Crippen molar-refractivity contribution in [2.24, 2.45) is 0 Å². The van der Waals surface area contributed by atoms with Crippen LogP contribution in [-0.4, -0.2) is 4.98 Å². The molecule has 1 aromatic carbocycles. The summed E-state index contributed by atoms with van der Waals surface area (Å²) in [4.78, 5) is 4.35.